The van der Waals surface area contributed by atoms with Crippen molar-refractivity contribution in [2.45, 2.75) is 25.2 Å². The van der Waals surface area contributed by atoms with Crippen molar-refractivity contribution in [1.29, 1.82) is 0 Å². The van der Waals surface area contributed by atoms with Gasteiger partial charge in [-0.2, -0.15) is 0 Å². The van der Waals surface area contributed by atoms with E-state index in [4.69, 9.17) is 23.7 Å². The van der Waals surface area contributed by atoms with E-state index in [1.807, 2.05) is 18.2 Å². The molecule has 0 radical (unpaired) electrons. The van der Waals surface area contributed by atoms with Gasteiger partial charge >= 0.3 is 5.97 Å². The van der Waals surface area contributed by atoms with Gasteiger partial charge in [-0.15, -0.1) is 0 Å². The first kappa shape index (κ1) is 27.3. The topological polar surface area (TPSA) is 104 Å². The summed E-state index contributed by atoms with van der Waals surface area (Å²) in [6.45, 7) is 0.113. The monoisotopic (exact) mass is 585 g/mol. The van der Waals surface area contributed by atoms with Gasteiger partial charge in [0, 0.05) is 27.2 Å². The zero-order valence-corrected chi connectivity index (χ0v) is 23.0. The SMILES string of the molecule is COc1ccc(CN2C(=O)C(CC(=O)O)OC(c3cccc(OC)c3OC)c3cc(Br)ccc32)c(OC)c1. The van der Waals surface area contributed by atoms with Crippen molar-refractivity contribution >= 4 is 33.5 Å². The lowest BCUT2D eigenvalue weighted by Crippen LogP contribution is -2.40. The number of benzene rings is 3. The van der Waals surface area contributed by atoms with E-state index in [-0.39, 0.29) is 6.54 Å². The van der Waals surface area contributed by atoms with Crippen LogP contribution in [0.3, 0.4) is 0 Å². The second kappa shape index (κ2) is 11.7. The number of rotatable bonds is 9. The number of para-hydroxylation sites is 1. The highest BCUT2D eigenvalue weighted by Crippen LogP contribution is 2.45. The maximum absolute atomic E-state index is 13.9. The summed E-state index contributed by atoms with van der Waals surface area (Å²) < 4.78 is 29.1. The fourth-order valence-electron chi connectivity index (χ4n) is 4.54. The molecule has 0 bridgehead atoms. The number of carbonyl (C=O) groups excluding carboxylic acids is 1. The standard InChI is InChI=1S/C28H28BrNO8/c1-34-18-10-8-16(23(13-18)36-3)15-30-21-11-9-17(29)12-20(21)26(38-24(28(30)33)14-25(31)32)19-6-5-7-22(35-2)27(19)37-4/h5-13,24,26H,14-15H2,1-4H3,(H,31,32). The first-order valence-electron chi connectivity index (χ1n) is 11.7. The Bertz CT molecular complexity index is 1340. The van der Waals surface area contributed by atoms with Gasteiger partial charge in [0.15, 0.2) is 11.5 Å². The van der Waals surface area contributed by atoms with Gasteiger partial charge < -0.3 is 33.7 Å². The number of anilines is 1. The smallest absolute Gasteiger partial charge is 0.306 e. The fraction of sp³-hybridized carbons (Fsp3) is 0.286. The summed E-state index contributed by atoms with van der Waals surface area (Å²) in [4.78, 5) is 27.3. The predicted octanol–water partition coefficient (Wildman–Crippen LogP) is 4.98. The van der Waals surface area contributed by atoms with Crippen LogP contribution in [0.15, 0.2) is 59.1 Å². The minimum atomic E-state index is -1.27. The maximum Gasteiger partial charge on any atom is 0.306 e. The zero-order chi connectivity index (χ0) is 27.4. The molecule has 4 rings (SSSR count). The number of hydrogen-bond donors (Lipinski definition) is 1. The van der Waals surface area contributed by atoms with Crippen LogP contribution in [0.1, 0.15) is 29.2 Å². The van der Waals surface area contributed by atoms with E-state index in [0.29, 0.717) is 45.4 Å². The molecule has 0 aromatic heterocycles. The molecule has 1 aliphatic heterocycles. The van der Waals surface area contributed by atoms with E-state index < -0.39 is 30.5 Å². The van der Waals surface area contributed by atoms with Gasteiger partial charge in [-0.05, 0) is 36.4 Å². The lowest BCUT2D eigenvalue weighted by atomic mass is 9.97. The second-order valence-electron chi connectivity index (χ2n) is 8.49. The van der Waals surface area contributed by atoms with E-state index in [0.717, 1.165) is 4.47 Å². The second-order valence-corrected chi connectivity index (χ2v) is 9.41. The molecule has 3 aromatic carbocycles. The minimum Gasteiger partial charge on any atom is -0.497 e. The molecular formula is C28H28BrNO8. The number of ether oxygens (including phenoxy) is 5. The number of nitrogens with zero attached hydrogens (tertiary/aromatic N) is 1. The van der Waals surface area contributed by atoms with Crippen LogP contribution >= 0.6 is 15.9 Å². The number of carboxylic acids is 1. The normalized spacial score (nSPS) is 16.9. The minimum absolute atomic E-state index is 0.113. The maximum atomic E-state index is 13.9. The summed E-state index contributed by atoms with van der Waals surface area (Å²) in [5.41, 5.74) is 2.53. The number of carbonyl (C=O) groups is 2. The number of halogens is 1. The molecule has 0 spiro atoms. The van der Waals surface area contributed by atoms with Crippen molar-refractivity contribution in [3.8, 4) is 23.0 Å². The number of carboxylic acid groups (broad SMARTS) is 1. The van der Waals surface area contributed by atoms with E-state index in [1.165, 1.54) is 26.2 Å². The number of aliphatic carboxylic acids is 1. The highest BCUT2D eigenvalue weighted by molar-refractivity contribution is 9.10. The van der Waals surface area contributed by atoms with Crippen molar-refractivity contribution in [3.63, 3.8) is 0 Å². The van der Waals surface area contributed by atoms with Crippen molar-refractivity contribution in [2.24, 2.45) is 0 Å². The first-order valence-corrected chi connectivity index (χ1v) is 12.5. The Morgan fingerprint density at radius 3 is 2.37 bits per heavy atom. The Morgan fingerprint density at radius 2 is 1.71 bits per heavy atom. The predicted molar refractivity (Wildman–Crippen MR) is 143 cm³/mol. The third-order valence-corrected chi connectivity index (χ3v) is 6.80. The molecule has 2 atom stereocenters. The van der Waals surface area contributed by atoms with Crippen LogP contribution in [-0.2, 0) is 20.9 Å². The average molecular weight is 586 g/mol. The summed E-state index contributed by atoms with van der Waals surface area (Å²) in [6, 6.07) is 16.1. The molecule has 2 unspecified atom stereocenters. The van der Waals surface area contributed by atoms with Crippen molar-refractivity contribution in [1.82, 2.24) is 0 Å². The molecule has 1 amide bonds. The van der Waals surface area contributed by atoms with E-state index >= 15 is 0 Å². The molecule has 1 aliphatic rings. The van der Waals surface area contributed by atoms with Gasteiger partial charge in [0.1, 0.15) is 23.7 Å². The van der Waals surface area contributed by atoms with E-state index in [9.17, 15) is 14.7 Å². The summed E-state index contributed by atoms with van der Waals surface area (Å²) >= 11 is 3.53. The lowest BCUT2D eigenvalue weighted by Gasteiger charge is -2.26. The number of hydrogen-bond acceptors (Lipinski definition) is 7. The molecule has 38 heavy (non-hydrogen) atoms. The zero-order valence-electron chi connectivity index (χ0n) is 21.4. The molecule has 0 saturated heterocycles. The van der Waals surface area contributed by atoms with Crippen LogP contribution in [-0.4, -0.2) is 51.5 Å². The Morgan fingerprint density at radius 1 is 0.947 bits per heavy atom. The number of fused-ring (bicyclic) bond motifs is 1. The van der Waals surface area contributed by atoms with Crippen LogP contribution < -0.4 is 23.8 Å². The summed E-state index contributed by atoms with van der Waals surface area (Å²) in [5, 5.41) is 9.66. The Balaban J connectivity index is 1.91. The molecule has 10 heteroatoms. The third-order valence-electron chi connectivity index (χ3n) is 6.30. The van der Waals surface area contributed by atoms with Crippen molar-refractivity contribution in [3.05, 3.63) is 75.8 Å². The number of amides is 1. The molecule has 3 aromatic rings. The number of methoxy groups -OCH3 is 4. The highest BCUT2D eigenvalue weighted by atomic mass is 79.9. The van der Waals surface area contributed by atoms with Gasteiger partial charge in [-0.1, -0.05) is 28.1 Å². The summed E-state index contributed by atoms with van der Waals surface area (Å²) in [7, 11) is 6.14. The van der Waals surface area contributed by atoms with Crippen LogP contribution in [0.2, 0.25) is 0 Å². The van der Waals surface area contributed by atoms with Crippen molar-refractivity contribution < 1.29 is 38.4 Å². The molecule has 0 aliphatic carbocycles. The van der Waals surface area contributed by atoms with Gasteiger partial charge in [-0.3, -0.25) is 9.59 Å². The average Bonchev–Trinajstić information content (AvgIpc) is 3.02. The van der Waals surface area contributed by atoms with Gasteiger partial charge in [-0.25, -0.2) is 0 Å². The molecule has 0 fully saturated rings. The van der Waals surface area contributed by atoms with Gasteiger partial charge in [0.05, 0.1) is 47.1 Å². The first-order chi connectivity index (χ1) is 18.3. The molecule has 1 N–H and O–H groups in total. The Labute approximate surface area is 229 Å². The third kappa shape index (κ3) is 5.41. The molecule has 0 saturated carbocycles. The molecular weight excluding hydrogens is 558 g/mol. The van der Waals surface area contributed by atoms with E-state index in [2.05, 4.69) is 15.9 Å². The molecule has 9 nitrogen and oxygen atoms in total. The van der Waals surface area contributed by atoms with Crippen LogP contribution in [0.25, 0.3) is 0 Å². The van der Waals surface area contributed by atoms with E-state index in [1.54, 1.807) is 43.5 Å². The molecule has 200 valence electrons. The Kier molecular flexibility index (Phi) is 8.43. The van der Waals surface area contributed by atoms with Gasteiger partial charge in [0.25, 0.3) is 5.91 Å². The summed E-state index contributed by atoms with van der Waals surface area (Å²) in [6.07, 6.45) is -2.63. The van der Waals surface area contributed by atoms with Crippen molar-refractivity contribution in [2.75, 3.05) is 33.3 Å². The lowest BCUT2D eigenvalue weighted by molar-refractivity contribution is -0.147. The van der Waals surface area contributed by atoms with Crippen LogP contribution in [0.5, 0.6) is 23.0 Å². The Hall–Kier alpha value is -3.76. The largest absolute Gasteiger partial charge is 0.497 e. The quantitative estimate of drug-likeness (QED) is 0.375. The fourth-order valence-corrected chi connectivity index (χ4v) is 4.92. The van der Waals surface area contributed by atoms with Crippen LogP contribution in [0.4, 0.5) is 5.69 Å². The van der Waals surface area contributed by atoms with Gasteiger partial charge in [0.2, 0.25) is 0 Å². The highest BCUT2D eigenvalue weighted by Gasteiger charge is 2.39. The molecule has 1 heterocycles. The summed E-state index contributed by atoms with van der Waals surface area (Å²) in [5.74, 6) is 0.399. The van der Waals surface area contributed by atoms with Crippen LogP contribution in [0, 0.1) is 0 Å².